The van der Waals surface area contributed by atoms with E-state index >= 15 is 0 Å². The minimum atomic E-state index is -0.799. The molecule has 278 valence electrons. The molecule has 0 heterocycles. The summed E-state index contributed by atoms with van der Waals surface area (Å²) in [6.45, 7) is 6.24. The molecule has 0 bridgehead atoms. The van der Waals surface area contributed by atoms with E-state index in [9.17, 15) is 19.8 Å². The first-order chi connectivity index (χ1) is 23.5. The van der Waals surface area contributed by atoms with Crippen LogP contribution in [0.2, 0.25) is 0 Å². The molecule has 48 heavy (non-hydrogen) atoms. The predicted molar refractivity (Wildman–Crippen MR) is 204 cm³/mol. The van der Waals surface area contributed by atoms with Crippen LogP contribution in [0.5, 0.6) is 0 Å². The van der Waals surface area contributed by atoms with Crippen molar-refractivity contribution >= 4 is 11.9 Å². The number of amides is 1. The third-order valence-corrected chi connectivity index (χ3v) is 8.77. The van der Waals surface area contributed by atoms with E-state index in [4.69, 9.17) is 4.74 Å². The second-order valence-electron chi connectivity index (χ2n) is 13.4. The zero-order valence-corrected chi connectivity index (χ0v) is 31.4. The first-order valence-electron chi connectivity index (χ1n) is 19.9. The van der Waals surface area contributed by atoms with Gasteiger partial charge in [0, 0.05) is 6.42 Å². The van der Waals surface area contributed by atoms with Crippen molar-refractivity contribution in [1.82, 2.24) is 5.32 Å². The summed E-state index contributed by atoms with van der Waals surface area (Å²) < 4.78 is 5.82. The maximum atomic E-state index is 13.0. The van der Waals surface area contributed by atoms with Gasteiger partial charge in [0.05, 0.1) is 25.2 Å². The molecule has 6 heteroatoms. The van der Waals surface area contributed by atoms with E-state index in [2.05, 4.69) is 38.2 Å². The van der Waals surface area contributed by atoms with Gasteiger partial charge in [-0.2, -0.15) is 0 Å². The Balaban J connectivity index is 4.74. The van der Waals surface area contributed by atoms with Crippen molar-refractivity contribution in [3.05, 3.63) is 48.6 Å². The predicted octanol–water partition coefficient (Wildman–Crippen LogP) is 10.8. The fourth-order valence-electron chi connectivity index (χ4n) is 5.74. The molecule has 3 N–H and O–H groups in total. The number of esters is 1. The van der Waals surface area contributed by atoms with Gasteiger partial charge in [-0.1, -0.05) is 179 Å². The number of carbonyl (C=O) groups excluding carboxylic acids is 2. The minimum absolute atomic E-state index is 0.0322. The third-order valence-electron chi connectivity index (χ3n) is 8.77. The molecule has 0 aromatic rings. The van der Waals surface area contributed by atoms with Crippen LogP contribution in [-0.4, -0.2) is 46.9 Å². The van der Waals surface area contributed by atoms with E-state index in [0.29, 0.717) is 19.3 Å². The van der Waals surface area contributed by atoms with Crippen LogP contribution in [0.1, 0.15) is 181 Å². The third kappa shape index (κ3) is 31.1. The standard InChI is InChI=1S/C42H75NO5/c1-4-7-10-13-16-19-20-23-24-27-30-33-38(48-42(47)35-32-29-26-22-18-15-12-9-6-3)36-41(46)43-39(37-44)40(45)34-31-28-25-21-17-14-11-8-5-2/h7,10,13,16,19-20,23-24,38-40,44-45H,4-6,8-9,11-12,14-15,17-18,21-22,25-37H2,1-3H3,(H,43,46)/b10-7+,16-13+,20-19-,24-23-. The number of carbonyl (C=O) groups is 2. The molecule has 3 unspecified atom stereocenters. The van der Waals surface area contributed by atoms with Crippen molar-refractivity contribution in [3.63, 3.8) is 0 Å². The summed E-state index contributed by atoms with van der Waals surface area (Å²) in [4.78, 5) is 25.7. The Morgan fingerprint density at radius 3 is 1.67 bits per heavy atom. The summed E-state index contributed by atoms with van der Waals surface area (Å²) in [6, 6.07) is -0.717. The largest absolute Gasteiger partial charge is 0.462 e. The molecule has 0 saturated heterocycles. The number of hydrogen-bond acceptors (Lipinski definition) is 5. The van der Waals surface area contributed by atoms with Gasteiger partial charge in [0.15, 0.2) is 0 Å². The Bertz CT molecular complexity index is 849. The monoisotopic (exact) mass is 674 g/mol. The number of rotatable bonds is 34. The highest BCUT2D eigenvalue weighted by molar-refractivity contribution is 5.77. The number of aliphatic hydroxyl groups excluding tert-OH is 2. The number of aliphatic hydroxyl groups is 2. The lowest BCUT2D eigenvalue weighted by molar-refractivity contribution is -0.151. The molecule has 0 saturated carbocycles. The summed E-state index contributed by atoms with van der Waals surface area (Å²) >= 11 is 0. The minimum Gasteiger partial charge on any atom is -0.462 e. The van der Waals surface area contributed by atoms with Crippen LogP contribution >= 0.6 is 0 Å². The molecule has 0 radical (unpaired) electrons. The van der Waals surface area contributed by atoms with E-state index in [1.807, 2.05) is 36.5 Å². The van der Waals surface area contributed by atoms with Crippen LogP contribution < -0.4 is 5.32 Å². The highest BCUT2D eigenvalue weighted by Gasteiger charge is 2.23. The summed E-state index contributed by atoms with van der Waals surface area (Å²) in [6.07, 6.45) is 40.4. The fourth-order valence-corrected chi connectivity index (χ4v) is 5.74. The summed E-state index contributed by atoms with van der Waals surface area (Å²) in [7, 11) is 0. The SMILES string of the molecule is CC/C=C/C=C/C=C\C=C/CCCC(CC(=O)NC(CO)C(O)CCCCCCCCCCC)OC(=O)CCCCCCCCCCC. The Hall–Kier alpha value is -2.18. The molecule has 0 rings (SSSR count). The topological polar surface area (TPSA) is 95.9 Å². The van der Waals surface area contributed by atoms with Gasteiger partial charge in [-0.3, -0.25) is 9.59 Å². The van der Waals surface area contributed by atoms with Crippen LogP contribution in [0.3, 0.4) is 0 Å². The zero-order valence-electron chi connectivity index (χ0n) is 31.4. The molecule has 0 aromatic heterocycles. The second-order valence-corrected chi connectivity index (χ2v) is 13.4. The molecule has 1 amide bonds. The van der Waals surface area contributed by atoms with E-state index in [-0.39, 0.29) is 24.9 Å². The second kappa shape index (κ2) is 36.1. The molecular formula is C42H75NO5. The van der Waals surface area contributed by atoms with Crippen LogP contribution in [0.4, 0.5) is 0 Å². The van der Waals surface area contributed by atoms with E-state index in [1.54, 1.807) is 0 Å². The Morgan fingerprint density at radius 1 is 0.625 bits per heavy atom. The van der Waals surface area contributed by atoms with Crippen molar-refractivity contribution in [2.75, 3.05) is 6.61 Å². The summed E-state index contributed by atoms with van der Waals surface area (Å²) in [5.41, 5.74) is 0. The van der Waals surface area contributed by atoms with Crippen molar-refractivity contribution in [2.24, 2.45) is 0 Å². The van der Waals surface area contributed by atoms with Gasteiger partial charge >= 0.3 is 5.97 Å². The summed E-state index contributed by atoms with van der Waals surface area (Å²) in [5.74, 6) is -0.550. The molecule has 0 aliphatic rings. The first-order valence-corrected chi connectivity index (χ1v) is 19.9. The van der Waals surface area contributed by atoms with Crippen LogP contribution in [-0.2, 0) is 14.3 Å². The van der Waals surface area contributed by atoms with Gasteiger partial charge in [-0.15, -0.1) is 0 Å². The molecule has 0 spiro atoms. The number of hydrogen-bond donors (Lipinski definition) is 3. The lowest BCUT2D eigenvalue weighted by Crippen LogP contribution is -2.46. The highest BCUT2D eigenvalue weighted by Crippen LogP contribution is 2.16. The van der Waals surface area contributed by atoms with Gasteiger partial charge in [0.25, 0.3) is 0 Å². The maximum absolute atomic E-state index is 13.0. The fraction of sp³-hybridized carbons (Fsp3) is 0.762. The molecule has 0 aliphatic carbocycles. The normalized spacial score (nSPS) is 14.0. The first kappa shape index (κ1) is 45.8. The van der Waals surface area contributed by atoms with Gasteiger partial charge in [0.2, 0.25) is 5.91 Å². The molecule has 3 atom stereocenters. The quantitative estimate of drug-likeness (QED) is 0.0359. The lowest BCUT2D eigenvalue weighted by Gasteiger charge is -2.24. The van der Waals surface area contributed by atoms with Crippen LogP contribution in [0.25, 0.3) is 0 Å². The summed E-state index contributed by atoms with van der Waals surface area (Å²) in [5, 5.41) is 23.4. The van der Waals surface area contributed by atoms with E-state index in [0.717, 1.165) is 57.8 Å². The molecule has 0 aromatic carbocycles. The van der Waals surface area contributed by atoms with Gasteiger partial charge in [-0.25, -0.2) is 0 Å². The Kier molecular flexibility index (Phi) is 34.5. The number of allylic oxidation sites excluding steroid dienone is 8. The smallest absolute Gasteiger partial charge is 0.306 e. The van der Waals surface area contributed by atoms with Gasteiger partial charge in [0.1, 0.15) is 6.10 Å². The van der Waals surface area contributed by atoms with Crippen molar-refractivity contribution < 1.29 is 24.5 Å². The maximum Gasteiger partial charge on any atom is 0.306 e. The molecule has 0 fully saturated rings. The van der Waals surface area contributed by atoms with Crippen LogP contribution in [0, 0.1) is 0 Å². The van der Waals surface area contributed by atoms with Crippen molar-refractivity contribution in [1.29, 1.82) is 0 Å². The average molecular weight is 674 g/mol. The molecule has 6 nitrogen and oxygen atoms in total. The van der Waals surface area contributed by atoms with E-state index in [1.165, 1.54) is 77.0 Å². The number of nitrogens with one attached hydrogen (secondary N) is 1. The zero-order chi connectivity index (χ0) is 35.3. The van der Waals surface area contributed by atoms with E-state index < -0.39 is 18.2 Å². The number of ether oxygens (including phenoxy) is 1. The average Bonchev–Trinajstić information content (AvgIpc) is 3.07. The van der Waals surface area contributed by atoms with Gasteiger partial charge < -0.3 is 20.3 Å². The van der Waals surface area contributed by atoms with Crippen molar-refractivity contribution in [2.45, 2.75) is 200 Å². The Morgan fingerprint density at radius 2 is 1.12 bits per heavy atom. The van der Waals surface area contributed by atoms with Crippen LogP contribution in [0.15, 0.2) is 48.6 Å². The Labute approximate surface area is 296 Å². The highest BCUT2D eigenvalue weighted by atomic mass is 16.5. The number of unbranched alkanes of at least 4 members (excludes halogenated alkanes) is 17. The van der Waals surface area contributed by atoms with Crippen molar-refractivity contribution in [3.8, 4) is 0 Å². The van der Waals surface area contributed by atoms with Gasteiger partial charge in [-0.05, 0) is 38.5 Å². The molecule has 0 aliphatic heterocycles. The lowest BCUT2D eigenvalue weighted by atomic mass is 10.0. The molecular weight excluding hydrogens is 598 g/mol.